The fraction of sp³-hybridized carbons (Fsp3) is 0.429. The second-order valence-electron chi connectivity index (χ2n) is 9.56. The quantitative estimate of drug-likeness (QED) is 0.172. The summed E-state index contributed by atoms with van der Waals surface area (Å²) in [6.07, 6.45) is 0.857. The third-order valence-corrected chi connectivity index (χ3v) is 6.50. The molecule has 0 amide bonds. The summed E-state index contributed by atoms with van der Waals surface area (Å²) in [5, 5.41) is 3.28. The molecule has 0 spiro atoms. The van der Waals surface area contributed by atoms with Crippen molar-refractivity contribution in [2.24, 2.45) is 23.7 Å². The molecule has 1 fully saturated rings. The Morgan fingerprint density at radius 1 is 1.17 bits per heavy atom. The summed E-state index contributed by atoms with van der Waals surface area (Å²) in [5.41, 5.74) is 8.52. The van der Waals surface area contributed by atoms with Gasteiger partial charge in [0.1, 0.15) is 23.7 Å². The van der Waals surface area contributed by atoms with E-state index >= 15 is 0 Å². The van der Waals surface area contributed by atoms with Gasteiger partial charge >= 0.3 is 6.18 Å². The lowest BCUT2D eigenvalue weighted by atomic mass is 10.1. The highest BCUT2D eigenvalue weighted by molar-refractivity contribution is 6.25. The van der Waals surface area contributed by atoms with E-state index in [-0.39, 0.29) is 24.2 Å². The Morgan fingerprint density at radius 2 is 1.90 bits per heavy atom. The van der Waals surface area contributed by atoms with Crippen molar-refractivity contribution in [1.82, 2.24) is 19.5 Å². The number of nitrogens with one attached hydrogen (secondary N) is 1. The SMILES string of the molecule is CN=C(C(=C(N)OC)c1ncc(NCCCOC)c(OCc2ccc(-c3nc(C(F)(F)F)cn3C)cc2)n1)C1CC1. The lowest BCUT2D eigenvalue weighted by molar-refractivity contribution is -0.140. The number of rotatable bonds is 13. The Balaban J connectivity index is 1.58. The zero-order chi connectivity index (χ0) is 29.6. The molecule has 0 atom stereocenters. The molecule has 0 radical (unpaired) electrons. The molecular weight excluding hydrogens is 539 g/mol. The molecule has 10 nitrogen and oxygen atoms in total. The van der Waals surface area contributed by atoms with Crippen LogP contribution in [0, 0.1) is 5.92 Å². The zero-order valence-corrected chi connectivity index (χ0v) is 23.5. The van der Waals surface area contributed by atoms with Crippen molar-refractivity contribution in [2.45, 2.75) is 32.0 Å². The van der Waals surface area contributed by atoms with Crippen LogP contribution in [0.25, 0.3) is 17.0 Å². The van der Waals surface area contributed by atoms with Crippen LogP contribution in [0.3, 0.4) is 0 Å². The Kier molecular flexibility index (Phi) is 9.48. The van der Waals surface area contributed by atoms with Gasteiger partial charge in [-0.25, -0.2) is 9.97 Å². The van der Waals surface area contributed by atoms with Crippen molar-refractivity contribution < 1.29 is 27.4 Å². The monoisotopic (exact) mass is 573 g/mol. The number of aliphatic imine (C=N–C) groups is 1. The van der Waals surface area contributed by atoms with Crippen molar-refractivity contribution in [3.8, 4) is 17.3 Å². The van der Waals surface area contributed by atoms with Gasteiger partial charge in [0, 0.05) is 52.0 Å². The molecule has 1 saturated carbocycles. The van der Waals surface area contributed by atoms with E-state index in [9.17, 15) is 13.2 Å². The molecule has 0 saturated heterocycles. The van der Waals surface area contributed by atoms with Crippen LogP contribution < -0.4 is 15.8 Å². The number of alkyl halides is 3. The number of nitrogens with two attached hydrogens (primary N) is 1. The molecule has 1 aliphatic rings. The van der Waals surface area contributed by atoms with Crippen molar-refractivity contribution >= 4 is 17.0 Å². The number of imidazole rings is 1. The van der Waals surface area contributed by atoms with Crippen LogP contribution in [-0.2, 0) is 29.3 Å². The van der Waals surface area contributed by atoms with Crippen LogP contribution in [0.2, 0.25) is 0 Å². The maximum absolute atomic E-state index is 13.1. The van der Waals surface area contributed by atoms with E-state index in [0.717, 1.165) is 36.7 Å². The van der Waals surface area contributed by atoms with E-state index in [1.54, 1.807) is 44.6 Å². The Labute approximate surface area is 236 Å². The topological polar surface area (TPSA) is 122 Å². The highest BCUT2D eigenvalue weighted by Crippen LogP contribution is 2.37. The number of methoxy groups -OCH3 is 2. The van der Waals surface area contributed by atoms with Gasteiger partial charge in [-0.3, -0.25) is 4.99 Å². The summed E-state index contributed by atoms with van der Waals surface area (Å²) in [4.78, 5) is 17.4. The number of hydrogen-bond acceptors (Lipinski definition) is 9. The summed E-state index contributed by atoms with van der Waals surface area (Å²) in [6, 6.07) is 6.95. The van der Waals surface area contributed by atoms with Crippen LogP contribution in [-0.4, -0.2) is 59.6 Å². The standard InChI is InChI=1S/C28H34F3N7O3/c1-33-23(18-10-11-18)22(24(32)40-4)25-35-14-20(34-12-5-13-39-3)27(37-25)41-16-17-6-8-19(9-7-17)26-36-21(15-38(26)2)28(29,30)31/h6-9,14-15,18,34H,5,10-13,16,32H2,1-4H3. The van der Waals surface area contributed by atoms with Gasteiger partial charge in [0.05, 0.1) is 19.0 Å². The summed E-state index contributed by atoms with van der Waals surface area (Å²) in [7, 11) is 6.36. The minimum atomic E-state index is -4.51. The predicted molar refractivity (Wildman–Crippen MR) is 149 cm³/mol. The number of nitrogens with zero attached hydrogens (tertiary/aromatic N) is 5. The van der Waals surface area contributed by atoms with Crippen LogP contribution in [0.15, 0.2) is 47.5 Å². The van der Waals surface area contributed by atoms with Crippen molar-refractivity contribution in [3.63, 3.8) is 0 Å². The van der Waals surface area contributed by atoms with Crippen LogP contribution in [0.4, 0.5) is 18.9 Å². The normalized spacial score (nSPS) is 14.6. The number of anilines is 1. The number of halogens is 3. The van der Waals surface area contributed by atoms with E-state index in [2.05, 4.69) is 20.3 Å². The molecule has 4 rings (SSSR count). The first-order chi connectivity index (χ1) is 19.7. The molecular formula is C28H34F3N7O3. The lowest BCUT2D eigenvalue weighted by Crippen LogP contribution is -2.17. The van der Waals surface area contributed by atoms with Gasteiger partial charge in [0.25, 0.3) is 0 Å². The number of aryl methyl sites for hydroxylation is 1. The first-order valence-electron chi connectivity index (χ1n) is 13.1. The maximum Gasteiger partial charge on any atom is 0.434 e. The van der Waals surface area contributed by atoms with Gasteiger partial charge < -0.3 is 29.8 Å². The molecule has 2 aromatic heterocycles. The zero-order valence-electron chi connectivity index (χ0n) is 23.5. The smallest absolute Gasteiger partial charge is 0.434 e. The molecule has 0 bridgehead atoms. The summed E-state index contributed by atoms with van der Waals surface area (Å²) >= 11 is 0. The summed E-state index contributed by atoms with van der Waals surface area (Å²) < 4.78 is 57.2. The fourth-order valence-electron chi connectivity index (χ4n) is 4.24. The van der Waals surface area contributed by atoms with E-state index in [4.69, 9.17) is 24.9 Å². The third-order valence-electron chi connectivity index (χ3n) is 6.50. The largest absolute Gasteiger partial charge is 0.482 e. The molecule has 2 heterocycles. The van der Waals surface area contributed by atoms with Gasteiger partial charge in [-0.15, -0.1) is 0 Å². The second-order valence-corrected chi connectivity index (χ2v) is 9.56. The minimum absolute atomic E-state index is 0.147. The summed E-state index contributed by atoms with van der Waals surface area (Å²) in [6.45, 7) is 1.34. The molecule has 13 heteroatoms. The van der Waals surface area contributed by atoms with Crippen molar-refractivity contribution in [3.05, 3.63) is 59.6 Å². The van der Waals surface area contributed by atoms with E-state index < -0.39 is 11.9 Å². The highest BCUT2D eigenvalue weighted by Gasteiger charge is 2.35. The molecule has 1 aromatic carbocycles. The summed E-state index contributed by atoms with van der Waals surface area (Å²) in [5.74, 6) is 1.30. The fourth-order valence-corrected chi connectivity index (χ4v) is 4.24. The van der Waals surface area contributed by atoms with Gasteiger partial charge in [0.15, 0.2) is 17.4 Å². The first-order valence-corrected chi connectivity index (χ1v) is 13.1. The molecule has 3 aromatic rings. The van der Waals surface area contributed by atoms with E-state index in [1.165, 1.54) is 18.7 Å². The van der Waals surface area contributed by atoms with Crippen LogP contribution in [0.5, 0.6) is 5.88 Å². The van der Waals surface area contributed by atoms with Gasteiger partial charge in [-0.2, -0.15) is 18.2 Å². The predicted octanol–water partition coefficient (Wildman–Crippen LogP) is 4.68. The van der Waals surface area contributed by atoms with E-state index in [0.29, 0.717) is 41.7 Å². The third kappa shape index (κ3) is 7.34. The van der Waals surface area contributed by atoms with Gasteiger partial charge in [0.2, 0.25) is 5.88 Å². The molecule has 1 aliphatic carbocycles. The minimum Gasteiger partial charge on any atom is -0.482 e. The number of aromatic nitrogens is 4. The lowest BCUT2D eigenvalue weighted by Gasteiger charge is -2.16. The Bertz CT molecular complexity index is 1400. The number of ether oxygens (including phenoxy) is 3. The Morgan fingerprint density at radius 3 is 2.49 bits per heavy atom. The molecule has 0 unspecified atom stereocenters. The average Bonchev–Trinajstić information content (AvgIpc) is 3.72. The Hall–Kier alpha value is -4.13. The van der Waals surface area contributed by atoms with Crippen molar-refractivity contribution in [1.29, 1.82) is 0 Å². The molecule has 3 N–H and O–H groups in total. The van der Waals surface area contributed by atoms with E-state index in [1.807, 2.05) is 0 Å². The van der Waals surface area contributed by atoms with Crippen LogP contribution >= 0.6 is 0 Å². The van der Waals surface area contributed by atoms with Gasteiger partial charge in [-0.05, 0) is 24.8 Å². The van der Waals surface area contributed by atoms with Crippen molar-refractivity contribution in [2.75, 3.05) is 39.7 Å². The molecule has 0 aliphatic heterocycles. The average molecular weight is 574 g/mol. The van der Waals surface area contributed by atoms with Crippen LogP contribution in [0.1, 0.15) is 36.3 Å². The number of hydrogen-bond donors (Lipinski definition) is 2. The maximum atomic E-state index is 13.1. The first kappa shape index (κ1) is 29.8. The number of benzene rings is 1. The van der Waals surface area contributed by atoms with Gasteiger partial charge in [-0.1, -0.05) is 24.3 Å². The number of allylic oxidation sites excluding steroid dienone is 1. The highest BCUT2D eigenvalue weighted by atomic mass is 19.4. The molecule has 41 heavy (non-hydrogen) atoms. The molecule has 220 valence electrons. The second kappa shape index (κ2) is 13.0.